The lowest BCUT2D eigenvalue weighted by Gasteiger charge is -2.11. The number of ether oxygens (including phenoxy) is 2. The number of carbonyl (C=O) groups is 1. The summed E-state index contributed by atoms with van der Waals surface area (Å²) in [5.41, 5.74) is 1.93. The minimum Gasteiger partial charge on any atom is -0.496 e. The first-order valence-electron chi connectivity index (χ1n) is 8.84. The molecule has 1 amide bonds. The van der Waals surface area contributed by atoms with Crippen molar-refractivity contribution < 1.29 is 14.3 Å². The molecular formula is C21H22N4O3. The third-order valence-electron chi connectivity index (χ3n) is 4.11. The van der Waals surface area contributed by atoms with Crippen LogP contribution in [0.25, 0.3) is 0 Å². The van der Waals surface area contributed by atoms with Gasteiger partial charge in [0.1, 0.15) is 17.2 Å². The number of carbonyl (C=O) groups excluding carboxylic acids is 1. The monoisotopic (exact) mass is 378 g/mol. The molecule has 3 aromatic rings. The normalized spacial score (nSPS) is 10.2. The number of nitrogens with one attached hydrogen (secondary N) is 2. The highest BCUT2D eigenvalue weighted by Gasteiger charge is 2.12. The third-order valence-corrected chi connectivity index (χ3v) is 4.11. The summed E-state index contributed by atoms with van der Waals surface area (Å²) < 4.78 is 10.6. The zero-order valence-corrected chi connectivity index (χ0v) is 15.8. The summed E-state index contributed by atoms with van der Waals surface area (Å²) in [7, 11) is 3.21. The Hall–Kier alpha value is -3.61. The number of rotatable bonds is 8. The standard InChI is InChI=1S/C21H22N4O3/c1-27-18-9-5-3-7-15(18)11-13-22-21-23-14-12-17(25-21)20(26)24-16-8-4-6-10-19(16)28-2/h3-10,12,14H,11,13H2,1-2H3,(H,24,26)(H,22,23,25). The van der Waals surface area contributed by atoms with Gasteiger partial charge in [0.05, 0.1) is 19.9 Å². The SMILES string of the molecule is COc1ccccc1CCNc1nccc(C(=O)Nc2ccccc2OC)n1. The molecule has 1 aromatic heterocycles. The summed E-state index contributed by atoms with van der Waals surface area (Å²) in [4.78, 5) is 21.0. The molecule has 7 heteroatoms. The van der Waals surface area contributed by atoms with Gasteiger partial charge in [0.25, 0.3) is 5.91 Å². The molecule has 3 rings (SSSR count). The maximum atomic E-state index is 12.5. The molecule has 0 saturated carbocycles. The fraction of sp³-hybridized carbons (Fsp3) is 0.190. The minimum atomic E-state index is -0.334. The number of hydrogen-bond acceptors (Lipinski definition) is 6. The van der Waals surface area contributed by atoms with Crippen LogP contribution < -0.4 is 20.1 Å². The molecule has 28 heavy (non-hydrogen) atoms. The molecule has 0 fully saturated rings. The second kappa shape index (κ2) is 9.36. The van der Waals surface area contributed by atoms with Crippen LogP contribution in [0.3, 0.4) is 0 Å². The molecule has 0 radical (unpaired) electrons. The number of hydrogen-bond donors (Lipinski definition) is 2. The maximum absolute atomic E-state index is 12.5. The van der Waals surface area contributed by atoms with Crippen molar-refractivity contribution in [2.24, 2.45) is 0 Å². The Morgan fingerprint density at radius 2 is 1.68 bits per heavy atom. The Labute approximate surface area is 163 Å². The maximum Gasteiger partial charge on any atom is 0.274 e. The van der Waals surface area contributed by atoms with Crippen molar-refractivity contribution in [1.82, 2.24) is 9.97 Å². The van der Waals surface area contributed by atoms with Gasteiger partial charge in [0, 0.05) is 12.7 Å². The van der Waals surface area contributed by atoms with E-state index in [1.54, 1.807) is 38.6 Å². The lowest BCUT2D eigenvalue weighted by Crippen LogP contribution is -2.16. The van der Waals surface area contributed by atoms with E-state index in [1.165, 1.54) is 0 Å². The van der Waals surface area contributed by atoms with Gasteiger partial charge in [-0.2, -0.15) is 0 Å². The molecule has 144 valence electrons. The summed E-state index contributed by atoms with van der Waals surface area (Å²) in [5, 5.41) is 5.95. The topological polar surface area (TPSA) is 85.4 Å². The first kappa shape index (κ1) is 19.2. The molecule has 0 spiro atoms. The van der Waals surface area contributed by atoms with E-state index in [9.17, 15) is 4.79 Å². The molecule has 0 atom stereocenters. The largest absolute Gasteiger partial charge is 0.496 e. The van der Waals surface area contributed by atoms with Gasteiger partial charge in [-0.1, -0.05) is 30.3 Å². The van der Waals surface area contributed by atoms with Crippen LogP contribution in [0.4, 0.5) is 11.6 Å². The number of methoxy groups -OCH3 is 2. The molecular weight excluding hydrogens is 356 g/mol. The molecule has 0 aliphatic carbocycles. The van der Waals surface area contributed by atoms with Gasteiger partial charge in [0.15, 0.2) is 0 Å². The summed E-state index contributed by atoms with van der Waals surface area (Å²) >= 11 is 0. The van der Waals surface area contributed by atoms with Crippen molar-refractivity contribution in [3.63, 3.8) is 0 Å². The van der Waals surface area contributed by atoms with Crippen LogP contribution in [0.5, 0.6) is 11.5 Å². The molecule has 0 aliphatic heterocycles. The molecule has 2 aromatic carbocycles. The number of nitrogens with zero attached hydrogens (tertiary/aromatic N) is 2. The highest BCUT2D eigenvalue weighted by atomic mass is 16.5. The van der Waals surface area contributed by atoms with Gasteiger partial charge in [-0.15, -0.1) is 0 Å². The lowest BCUT2D eigenvalue weighted by molar-refractivity contribution is 0.102. The third kappa shape index (κ3) is 4.76. The van der Waals surface area contributed by atoms with Gasteiger partial charge in [-0.05, 0) is 36.2 Å². The fourth-order valence-corrected chi connectivity index (χ4v) is 2.72. The van der Waals surface area contributed by atoms with Crippen LogP contribution in [-0.2, 0) is 6.42 Å². The summed E-state index contributed by atoms with van der Waals surface area (Å²) in [6, 6.07) is 16.6. The van der Waals surface area contributed by atoms with Crippen molar-refractivity contribution >= 4 is 17.5 Å². The number of para-hydroxylation sites is 3. The van der Waals surface area contributed by atoms with Gasteiger partial charge >= 0.3 is 0 Å². The Morgan fingerprint density at radius 1 is 0.964 bits per heavy atom. The van der Waals surface area contributed by atoms with Crippen molar-refractivity contribution in [1.29, 1.82) is 0 Å². The Bertz CT molecular complexity index is 946. The summed E-state index contributed by atoms with van der Waals surface area (Å²) in [5.74, 6) is 1.48. The quantitative estimate of drug-likeness (QED) is 0.625. The van der Waals surface area contributed by atoms with Gasteiger partial charge in [-0.3, -0.25) is 4.79 Å². The molecule has 0 aliphatic rings. The average molecular weight is 378 g/mol. The van der Waals surface area contributed by atoms with Crippen molar-refractivity contribution in [2.75, 3.05) is 31.4 Å². The molecule has 0 saturated heterocycles. The van der Waals surface area contributed by atoms with E-state index in [-0.39, 0.29) is 11.6 Å². The lowest BCUT2D eigenvalue weighted by atomic mass is 10.1. The van der Waals surface area contributed by atoms with E-state index in [0.29, 0.717) is 23.9 Å². The highest BCUT2D eigenvalue weighted by molar-refractivity contribution is 6.03. The zero-order chi connectivity index (χ0) is 19.8. The Balaban J connectivity index is 1.62. The molecule has 0 bridgehead atoms. The van der Waals surface area contributed by atoms with E-state index in [1.807, 2.05) is 36.4 Å². The number of amides is 1. The van der Waals surface area contributed by atoms with Crippen LogP contribution in [0.15, 0.2) is 60.8 Å². The van der Waals surface area contributed by atoms with Gasteiger partial charge in [0.2, 0.25) is 5.95 Å². The minimum absolute atomic E-state index is 0.265. The first-order valence-corrected chi connectivity index (χ1v) is 8.84. The van der Waals surface area contributed by atoms with E-state index < -0.39 is 0 Å². The second-order valence-corrected chi connectivity index (χ2v) is 5.91. The summed E-state index contributed by atoms with van der Waals surface area (Å²) in [6.07, 6.45) is 2.29. The molecule has 7 nitrogen and oxygen atoms in total. The van der Waals surface area contributed by atoms with E-state index in [4.69, 9.17) is 9.47 Å². The second-order valence-electron chi connectivity index (χ2n) is 5.91. The van der Waals surface area contributed by atoms with Crippen LogP contribution in [0.2, 0.25) is 0 Å². The van der Waals surface area contributed by atoms with E-state index >= 15 is 0 Å². The number of benzene rings is 2. The molecule has 1 heterocycles. The highest BCUT2D eigenvalue weighted by Crippen LogP contribution is 2.23. The predicted molar refractivity (Wildman–Crippen MR) is 108 cm³/mol. The van der Waals surface area contributed by atoms with Crippen molar-refractivity contribution in [3.05, 3.63) is 72.1 Å². The smallest absolute Gasteiger partial charge is 0.274 e. The summed E-state index contributed by atoms with van der Waals surface area (Å²) in [6.45, 7) is 0.609. The number of anilines is 2. The van der Waals surface area contributed by atoms with E-state index in [2.05, 4.69) is 20.6 Å². The molecule has 0 unspecified atom stereocenters. The fourth-order valence-electron chi connectivity index (χ4n) is 2.72. The van der Waals surface area contributed by atoms with E-state index in [0.717, 1.165) is 17.7 Å². The number of aromatic nitrogens is 2. The van der Waals surface area contributed by atoms with Gasteiger partial charge in [-0.25, -0.2) is 9.97 Å². The Morgan fingerprint density at radius 3 is 2.46 bits per heavy atom. The van der Waals surface area contributed by atoms with Crippen molar-refractivity contribution in [2.45, 2.75) is 6.42 Å². The van der Waals surface area contributed by atoms with Gasteiger partial charge < -0.3 is 20.1 Å². The van der Waals surface area contributed by atoms with Crippen molar-refractivity contribution in [3.8, 4) is 11.5 Å². The predicted octanol–water partition coefficient (Wildman–Crippen LogP) is 3.40. The Kier molecular flexibility index (Phi) is 6.41. The zero-order valence-electron chi connectivity index (χ0n) is 15.8. The van der Waals surface area contributed by atoms with Crippen LogP contribution in [-0.4, -0.2) is 36.6 Å². The van der Waals surface area contributed by atoms with Crippen LogP contribution in [0, 0.1) is 0 Å². The van der Waals surface area contributed by atoms with Crippen LogP contribution >= 0.6 is 0 Å². The first-order chi connectivity index (χ1) is 13.7. The molecule has 2 N–H and O–H groups in total. The van der Waals surface area contributed by atoms with Crippen LogP contribution in [0.1, 0.15) is 16.1 Å². The average Bonchev–Trinajstić information content (AvgIpc) is 2.74.